The van der Waals surface area contributed by atoms with Crippen molar-refractivity contribution in [3.8, 4) is 0 Å². The maximum atomic E-state index is 13.5. The smallest absolute Gasteiger partial charge is 0.338 e. The number of hydrogen-bond donors (Lipinski definition) is 2. The van der Waals surface area contributed by atoms with Gasteiger partial charge in [0.25, 0.3) is 0 Å². The van der Waals surface area contributed by atoms with E-state index in [0.29, 0.717) is 11.7 Å². The fraction of sp³-hybridized carbons (Fsp3) is 0.500. The fourth-order valence-electron chi connectivity index (χ4n) is 2.10. The summed E-state index contributed by atoms with van der Waals surface area (Å²) in [5.41, 5.74) is 0.376. The van der Waals surface area contributed by atoms with Crippen LogP contribution >= 0.6 is 0 Å². The molecule has 0 aromatic heterocycles. The lowest BCUT2D eigenvalue weighted by molar-refractivity contribution is 0.0692. The number of carboxylic acids is 1. The molecule has 98 valence electrons. The van der Waals surface area contributed by atoms with Crippen LogP contribution in [0.1, 0.15) is 43.0 Å². The zero-order valence-electron chi connectivity index (χ0n) is 10.4. The van der Waals surface area contributed by atoms with Gasteiger partial charge in [-0.3, -0.25) is 0 Å². The van der Waals surface area contributed by atoms with E-state index < -0.39 is 11.8 Å². The van der Waals surface area contributed by atoms with Crippen molar-refractivity contribution >= 4 is 11.7 Å². The van der Waals surface area contributed by atoms with Gasteiger partial charge in [-0.1, -0.05) is 19.8 Å². The molecule has 0 saturated heterocycles. The average molecular weight is 251 g/mol. The van der Waals surface area contributed by atoms with E-state index in [4.69, 9.17) is 5.11 Å². The summed E-state index contributed by atoms with van der Waals surface area (Å²) in [4.78, 5) is 10.7. The summed E-state index contributed by atoms with van der Waals surface area (Å²) >= 11 is 0. The molecule has 1 aromatic rings. The van der Waals surface area contributed by atoms with Gasteiger partial charge in [0, 0.05) is 11.7 Å². The molecule has 18 heavy (non-hydrogen) atoms. The standard InChI is InChI=1S/C14H18FNO2/c1-2-10(7-9-3-4-9)16-11-5-6-12(14(17)18)13(15)8-11/h5-6,8-10,16H,2-4,7H2,1H3,(H,17,18). The van der Waals surface area contributed by atoms with Crippen LogP contribution in [0, 0.1) is 11.7 Å². The molecule has 0 spiro atoms. The van der Waals surface area contributed by atoms with Crippen molar-refractivity contribution in [1.82, 2.24) is 0 Å². The topological polar surface area (TPSA) is 49.3 Å². The predicted octanol–water partition coefficient (Wildman–Crippen LogP) is 3.51. The molecule has 1 aliphatic rings. The van der Waals surface area contributed by atoms with Crippen LogP contribution in [0.2, 0.25) is 0 Å². The van der Waals surface area contributed by atoms with E-state index in [2.05, 4.69) is 12.2 Å². The molecule has 1 unspecified atom stereocenters. The Kier molecular flexibility index (Phi) is 3.84. The molecule has 1 aliphatic carbocycles. The Morgan fingerprint density at radius 3 is 2.78 bits per heavy atom. The van der Waals surface area contributed by atoms with Crippen LogP contribution in [0.25, 0.3) is 0 Å². The van der Waals surface area contributed by atoms with Gasteiger partial charge in [-0.15, -0.1) is 0 Å². The first kappa shape index (κ1) is 12.9. The second-order valence-electron chi connectivity index (χ2n) is 4.93. The van der Waals surface area contributed by atoms with Crippen molar-refractivity contribution < 1.29 is 14.3 Å². The Bertz CT molecular complexity index is 443. The SMILES string of the molecule is CCC(CC1CC1)Nc1ccc(C(=O)O)c(F)c1. The zero-order valence-corrected chi connectivity index (χ0v) is 10.4. The molecule has 3 nitrogen and oxygen atoms in total. The number of halogens is 1. The first-order valence-electron chi connectivity index (χ1n) is 6.39. The quantitative estimate of drug-likeness (QED) is 0.813. The lowest BCUT2D eigenvalue weighted by atomic mass is 10.1. The van der Waals surface area contributed by atoms with Gasteiger partial charge in [-0.25, -0.2) is 9.18 Å². The third-order valence-electron chi connectivity index (χ3n) is 3.38. The van der Waals surface area contributed by atoms with Crippen LogP contribution < -0.4 is 5.32 Å². The van der Waals surface area contributed by atoms with Gasteiger partial charge in [0.15, 0.2) is 0 Å². The van der Waals surface area contributed by atoms with E-state index in [1.54, 1.807) is 6.07 Å². The minimum atomic E-state index is -1.23. The Balaban J connectivity index is 2.03. The first-order valence-corrected chi connectivity index (χ1v) is 6.39. The Hall–Kier alpha value is -1.58. The highest BCUT2D eigenvalue weighted by Crippen LogP contribution is 2.34. The summed E-state index contributed by atoms with van der Waals surface area (Å²) in [5, 5.41) is 12.0. The van der Waals surface area contributed by atoms with Crippen LogP contribution in [0.5, 0.6) is 0 Å². The second-order valence-corrected chi connectivity index (χ2v) is 4.93. The third kappa shape index (κ3) is 3.22. The van der Waals surface area contributed by atoms with Gasteiger partial charge >= 0.3 is 5.97 Å². The average Bonchev–Trinajstić information content (AvgIpc) is 3.11. The van der Waals surface area contributed by atoms with Crippen molar-refractivity contribution in [2.75, 3.05) is 5.32 Å². The number of rotatable bonds is 6. The number of anilines is 1. The van der Waals surface area contributed by atoms with Crippen molar-refractivity contribution in [1.29, 1.82) is 0 Å². The highest BCUT2D eigenvalue weighted by atomic mass is 19.1. The third-order valence-corrected chi connectivity index (χ3v) is 3.38. The summed E-state index contributed by atoms with van der Waals surface area (Å²) in [6.07, 6.45) is 4.69. The van der Waals surface area contributed by atoms with Crippen molar-refractivity contribution in [2.45, 2.75) is 38.6 Å². The minimum Gasteiger partial charge on any atom is -0.478 e. The van der Waals surface area contributed by atoms with E-state index in [1.807, 2.05) is 0 Å². The summed E-state index contributed by atoms with van der Waals surface area (Å²) in [6, 6.07) is 4.54. The van der Waals surface area contributed by atoms with E-state index >= 15 is 0 Å². The Morgan fingerprint density at radius 1 is 1.56 bits per heavy atom. The molecule has 0 heterocycles. The predicted molar refractivity (Wildman–Crippen MR) is 68.4 cm³/mol. The summed E-state index contributed by atoms with van der Waals surface area (Å²) in [5.74, 6) is -1.11. The molecule has 1 atom stereocenters. The van der Waals surface area contributed by atoms with E-state index in [9.17, 15) is 9.18 Å². The molecule has 0 aliphatic heterocycles. The zero-order chi connectivity index (χ0) is 13.1. The largest absolute Gasteiger partial charge is 0.478 e. The molecular weight excluding hydrogens is 233 g/mol. The van der Waals surface area contributed by atoms with Crippen LogP contribution in [0.3, 0.4) is 0 Å². The van der Waals surface area contributed by atoms with Crippen molar-refractivity contribution in [3.05, 3.63) is 29.6 Å². The van der Waals surface area contributed by atoms with E-state index in [-0.39, 0.29) is 5.56 Å². The van der Waals surface area contributed by atoms with Crippen LogP contribution in [0.15, 0.2) is 18.2 Å². The minimum absolute atomic E-state index is 0.282. The van der Waals surface area contributed by atoms with Gasteiger partial charge in [-0.2, -0.15) is 0 Å². The Labute approximate surface area is 106 Å². The number of aromatic carboxylic acids is 1. The lowest BCUT2D eigenvalue weighted by Crippen LogP contribution is -2.19. The molecule has 2 N–H and O–H groups in total. The van der Waals surface area contributed by atoms with Gasteiger partial charge in [0.1, 0.15) is 5.82 Å². The van der Waals surface area contributed by atoms with Crippen LogP contribution in [-0.2, 0) is 0 Å². The fourth-order valence-corrected chi connectivity index (χ4v) is 2.10. The van der Waals surface area contributed by atoms with Gasteiger partial charge < -0.3 is 10.4 Å². The monoisotopic (exact) mass is 251 g/mol. The maximum absolute atomic E-state index is 13.5. The number of carbonyl (C=O) groups is 1. The number of hydrogen-bond acceptors (Lipinski definition) is 2. The van der Waals surface area contributed by atoms with Crippen molar-refractivity contribution in [3.63, 3.8) is 0 Å². The second kappa shape index (κ2) is 5.38. The molecule has 0 bridgehead atoms. The molecule has 1 saturated carbocycles. The molecule has 4 heteroatoms. The summed E-state index contributed by atoms with van der Waals surface area (Å²) < 4.78 is 13.5. The van der Waals surface area contributed by atoms with Gasteiger partial charge in [0.2, 0.25) is 0 Å². The maximum Gasteiger partial charge on any atom is 0.338 e. The highest BCUT2D eigenvalue weighted by molar-refractivity contribution is 5.88. The molecule has 1 aromatic carbocycles. The first-order chi connectivity index (χ1) is 8.60. The normalized spacial score (nSPS) is 16.3. The summed E-state index contributed by atoms with van der Waals surface area (Å²) in [7, 11) is 0. The van der Waals surface area contributed by atoms with Crippen LogP contribution in [-0.4, -0.2) is 17.1 Å². The van der Waals surface area contributed by atoms with Crippen molar-refractivity contribution in [2.24, 2.45) is 5.92 Å². The number of benzene rings is 1. The molecule has 1 fully saturated rings. The Morgan fingerprint density at radius 2 is 2.28 bits per heavy atom. The highest BCUT2D eigenvalue weighted by Gasteiger charge is 2.24. The molecule has 0 amide bonds. The molecule has 0 radical (unpaired) electrons. The molecule has 2 rings (SSSR count). The lowest BCUT2D eigenvalue weighted by Gasteiger charge is -2.18. The number of carboxylic acid groups (broad SMARTS) is 1. The van der Waals surface area contributed by atoms with Gasteiger partial charge in [0.05, 0.1) is 5.56 Å². The van der Waals surface area contributed by atoms with E-state index in [0.717, 1.165) is 18.8 Å². The van der Waals surface area contributed by atoms with Gasteiger partial charge in [-0.05, 0) is 37.0 Å². The molecular formula is C14H18FNO2. The van der Waals surface area contributed by atoms with E-state index in [1.165, 1.54) is 25.0 Å². The van der Waals surface area contributed by atoms with Crippen LogP contribution in [0.4, 0.5) is 10.1 Å². The summed E-state index contributed by atoms with van der Waals surface area (Å²) in [6.45, 7) is 2.10. The number of nitrogens with one attached hydrogen (secondary N) is 1.